The van der Waals surface area contributed by atoms with Crippen molar-refractivity contribution in [2.75, 3.05) is 45.6 Å². The monoisotopic (exact) mass is 652 g/mol. The van der Waals surface area contributed by atoms with E-state index in [9.17, 15) is 19.2 Å². The zero-order chi connectivity index (χ0) is 33.4. The maximum Gasteiger partial charge on any atom is 0.357 e. The number of esters is 1. The summed E-state index contributed by atoms with van der Waals surface area (Å²) in [4.78, 5) is 54.6. The third kappa shape index (κ3) is 7.76. The van der Waals surface area contributed by atoms with Gasteiger partial charge in [0.2, 0.25) is 23.0 Å². The number of methoxy groups -OCH3 is 4. The van der Waals surface area contributed by atoms with Gasteiger partial charge in [0.15, 0.2) is 22.3 Å². The number of unbranched alkanes of at least 4 members (excludes halogenated alkanes) is 2. The molecule has 246 valence electrons. The van der Waals surface area contributed by atoms with Crippen molar-refractivity contribution in [3.8, 4) is 28.4 Å². The Labute approximate surface area is 271 Å². The number of carbonyl (C=O) groups excluding carboxylic acids is 3. The standard InChI is InChI=1S/C33H40N4O8S/c1-18-29(32(41)45-6)37-33(46-18)36-27(40)10-8-7-9-15-34-24-14-12-21-22(17-25(24)39)23(35-19(2)38)13-11-20-16-26(42-3)30(43-4)31(44-5)28(20)21/h12,14,16-17,23H,7-11,13,15H2,1-6H3,(H,34,39)(H,35,38)(H,36,37,40)/t23-/m0/s1. The van der Waals surface area contributed by atoms with Gasteiger partial charge in [-0.3, -0.25) is 14.4 Å². The lowest BCUT2D eigenvalue weighted by atomic mass is 9.95. The molecule has 0 aliphatic heterocycles. The van der Waals surface area contributed by atoms with Gasteiger partial charge in [0.25, 0.3) is 0 Å². The lowest BCUT2D eigenvalue weighted by Gasteiger charge is -2.19. The molecule has 0 bridgehead atoms. The SMILES string of the molecule is COC(=O)c1nc(NC(=O)CCCCCNc2ccc3c(cc2=O)[C@@H](NC(C)=O)CCc2cc(OC)c(OC)c(OC)c2-3)sc1C. The number of nitrogens with one attached hydrogen (secondary N) is 3. The summed E-state index contributed by atoms with van der Waals surface area (Å²) in [5, 5.41) is 9.36. The van der Waals surface area contributed by atoms with Crippen molar-refractivity contribution in [2.24, 2.45) is 0 Å². The van der Waals surface area contributed by atoms with Crippen LogP contribution in [0, 0.1) is 6.92 Å². The van der Waals surface area contributed by atoms with Crippen LogP contribution in [0.1, 0.15) is 71.6 Å². The highest BCUT2D eigenvalue weighted by Crippen LogP contribution is 2.50. The highest BCUT2D eigenvalue weighted by molar-refractivity contribution is 7.16. The number of benzene rings is 1. The summed E-state index contributed by atoms with van der Waals surface area (Å²) in [6.07, 6.45) is 3.62. The van der Waals surface area contributed by atoms with Gasteiger partial charge in [-0.25, -0.2) is 9.78 Å². The summed E-state index contributed by atoms with van der Waals surface area (Å²) in [5.74, 6) is 0.559. The molecule has 0 saturated heterocycles. The van der Waals surface area contributed by atoms with Gasteiger partial charge in [-0.15, -0.1) is 11.3 Å². The highest BCUT2D eigenvalue weighted by atomic mass is 32.1. The quantitative estimate of drug-likeness (QED) is 0.169. The summed E-state index contributed by atoms with van der Waals surface area (Å²) in [7, 11) is 5.96. The van der Waals surface area contributed by atoms with Gasteiger partial charge in [0, 0.05) is 30.3 Å². The van der Waals surface area contributed by atoms with Crippen LogP contribution in [0.15, 0.2) is 29.1 Å². The average Bonchev–Trinajstić information content (AvgIpc) is 3.23. The Kier molecular flexibility index (Phi) is 11.6. The van der Waals surface area contributed by atoms with E-state index in [0.29, 0.717) is 70.7 Å². The third-order valence-corrected chi connectivity index (χ3v) is 8.62. The van der Waals surface area contributed by atoms with E-state index in [0.717, 1.165) is 29.5 Å². The molecule has 1 heterocycles. The number of aryl methyl sites for hydroxylation is 2. The van der Waals surface area contributed by atoms with Crippen molar-refractivity contribution < 1.29 is 33.3 Å². The lowest BCUT2D eigenvalue weighted by molar-refractivity contribution is -0.119. The second-order valence-electron chi connectivity index (χ2n) is 10.8. The number of aromatic nitrogens is 1. The number of fused-ring (bicyclic) bond motifs is 3. The number of thiazole rings is 1. The van der Waals surface area contributed by atoms with Crippen LogP contribution in [0.4, 0.5) is 10.8 Å². The maximum absolute atomic E-state index is 13.5. The number of amides is 2. The molecule has 12 nitrogen and oxygen atoms in total. The van der Waals surface area contributed by atoms with Crippen molar-refractivity contribution >= 4 is 39.9 Å². The number of nitrogens with zero attached hydrogens (tertiary/aromatic N) is 1. The zero-order valence-electron chi connectivity index (χ0n) is 27.0. The fourth-order valence-electron chi connectivity index (χ4n) is 5.58. The van der Waals surface area contributed by atoms with E-state index in [2.05, 4.69) is 20.9 Å². The van der Waals surface area contributed by atoms with Crippen molar-refractivity contribution in [3.63, 3.8) is 0 Å². The predicted octanol–water partition coefficient (Wildman–Crippen LogP) is 5.03. The van der Waals surface area contributed by atoms with Crippen LogP contribution in [-0.4, -0.2) is 57.8 Å². The Hall–Kier alpha value is -4.65. The van der Waals surface area contributed by atoms with Gasteiger partial charge in [0.1, 0.15) is 0 Å². The summed E-state index contributed by atoms with van der Waals surface area (Å²) in [5.41, 5.74) is 3.61. The molecule has 1 aromatic heterocycles. The Bertz CT molecular complexity index is 1670. The number of anilines is 2. The molecule has 0 spiro atoms. The molecule has 0 unspecified atom stereocenters. The van der Waals surface area contributed by atoms with Gasteiger partial charge in [-0.2, -0.15) is 0 Å². The highest BCUT2D eigenvalue weighted by Gasteiger charge is 2.29. The van der Waals surface area contributed by atoms with Crippen LogP contribution < -0.4 is 35.6 Å². The number of carbonyl (C=O) groups is 3. The minimum absolute atomic E-state index is 0.185. The second kappa shape index (κ2) is 15.6. The smallest absolute Gasteiger partial charge is 0.357 e. The van der Waals surface area contributed by atoms with Gasteiger partial charge in [0.05, 0.1) is 40.2 Å². The maximum atomic E-state index is 13.5. The van der Waals surface area contributed by atoms with E-state index in [-0.39, 0.29) is 29.0 Å². The van der Waals surface area contributed by atoms with Gasteiger partial charge >= 0.3 is 5.97 Å². The molecule has 0 fully saturated rings. The molecule has 1 atom stereocenters. The molecule has 0 radical (unpaired) electrons. The largest absolute Gasteiger partial charge is 0.493 e. The van der Waals surface area contributed by atoms with Crippen LogP contribution in [-0.2, 0) is 20.7 Å². The number of hydrogen-bond donors (Lipinski definition) is 3. The number of hydrogen-bond acceptors (Lipinski definition) is 11. The molecule has 46 heavy (non-hydrogen) atoms. The van der Waals surface area contributed by atoms with Crippen LogP contribution >= 0.6 is 11.3 Å². The predicted molar refractivity (Wildman–Crippen MR) is 176 cm³/mol. The minimum atomic E-state index is -0.538. The van der Waals surface area contributed by atoms with Crippen LogP contribution in [0.25, 0.3) is 11.1 Å². The molecule has 2 amide bonds. The molecule has 0 saturated carbocycles. The molecule has 13 heteroatoms. The van der Waals surface area contributed by atoms with Crippen LogP contribution in [0.2, 0.25) is 0 Å². The number of ether oxygens (including phenoxy) is 4. The van der Waals surface area contributed by atoms with E-state index in [1.54, 1.807) is 40.4 Å². The summed E-state index contributed by atoms with van der Waals surface area (Å²) in [6.45, 7) is 3.73. The molecule has 3 aromatic rings. The minimum Gasteiger partial charge on any atom is -0.493 e. The fourth-order valence-corrected chi connectivity index (χ4v) is 6.40. The Morgan fingerprint density at radius 1 is 1.00 bits per heavy atom. The summed E-state index contributed by atoms with van der Waals surface area (Å²) < 4.78 is 21.8. The molecule has 4 rings (SSSR count). The van der Waals surface area contributed by atoms with Crippen molar-refractivity contribution in [3.05, 3.63) is 56.2 Å². The second-order valence-corrected chi connectivity index (χ2v) is 12.0. The molecular formula is C33H40N4O8S. The number of rotatable bonds is 13. The van der Waals surface area contributed by atoms with Crippen LogP contribution in [0.5, 0.6) is 17.2 Å². The first kappa shape index (κ1) is 34.2. The van der Waals surface area contributed by atoms with Gasteiger partial charge < -0.3 is 34.9 Å². The molecular weight excluding hydrogens is 612 g/mol. The first-order valence-corrected chi connectivity index (χ1v) is 15.8. The Morgan fingerprint density at radius 2 is 1.76 bits per heavy atom. The topological polar surface area (TPSA) is 154 Å². The molecule has 3 N–H and O–H groups in total. The van der Waals surface area contributed by atoms with Crippen molar-refractivity contribution in [1.82, 2.24) is 10.3 Å². The van der Waals surface area contributed by atoms with Crippen LogP contribution in [0.3, 0.4) is 0 Å². The summed E-state index contributed by atoms with van der Waals surface area (Å²) in [6, 6.07) is 6.74. The van der Waals surface area contributed by atoms with E-state index in [4.69, 9.17) is 18.9 Å². The van der Waals surface area contributed by atoms with Gasteiger partial charge in [-0.05, 0) is 67.5 Å². The zero-order valence-corrected chi connectivity index (χ0v) is 27.8. The Morgan fingerprint density at radius 3 is 2.43 bits per heavy atom. The fraction of sp³-hybridized carbons (Fsp3) is 0.424. The van der Waals surface area contributed by atoms with Crippen molar-refractivity contribution in [1.29, 1.82) is 0 Å². The normalized spacial score (nSPS) is 13.4. The van der Waals surface area contributed by atoms with E-state index in [1.807, 2.05) is 12.1 Å². The average molecular weight is 653 g/mol. The van der Waals surface area contributed by atoms with Crippen molar-refractivity contribution in [2.45, 2.75) is 58.4 Å². The van der Waals surface area contributed by atoms with Gasteiger partial charge in [-0.1, -0.05) is 12.5 Å². The van der Waals surface area contributed by atoms with E-state index in [1.165, 1.54) is 25.4 Å². The first-order valence-electron chi connectivity index (χ1n) is 15.0. The molecule has 2 aromatic carbocycles. The lowest BCUT2D eigenvalue weighted by Crippen LogP contribution is -2.26. The van der Waals surface area contributed by atoms with E-state index < -0.39 is 5.97 Å². The van der Waals surface area contributed by atoms with E-state index >= 15 is 0 Å². The summed E-state index contributed by atoms with van der Waals surface area (Å²) >= 11 is 1.22. The first-order chi connectivity index (χ1) is 22.1. The Balaban J connectivity index is 1.46. The third-order valence-electron chi connectivity index (χ3n) is 7.73. The molecule has 1 aliphatic carbocycles. The molecule has 1 aliphatic rings.